The van der Waals surface area contributed by atoms with Gasteiger partial charge in [-0.2, -0.15) is 0 Å². The number of aromatic hydroxyl groups is 1. The first kappa shape index (κ1) is 12.7. The van der Waals surface area contributed by atoms with Gasteiger partial charge < -0.3 is 5.11 Å². The molecule has 0 aliphatic carbocycles. The summed E-state index contributed by atoms with van der Waals surface area (Å²) in [6.07, 6.45) is 0.908. The van der Waals surface area contributed by atoms with Crippen LogP contribution in [0.25, 0.3) is 11.1 Å². The van der Waals surface area contributed by atoms with E-state index in [0.717, 1.165) is 12.0 Å². The van der Waals surface area contributed by atoms with E-state index < -0.39 is 0 Å². The Bertz CT molecular complexity index is 541. The number of aryl methyl sites for hydroxylation is 1. The molecular weight excluding hydrogens is 220 g/mol. The van der Waals surface area contributed by atoms with Crippen molar-refractivity contribution >= 4 is 0 Å². The summed E-state index contributed by atoms with van der Waals surface area (Å²) in [6, 6.07) is 14.3. The lowest BCUT2D eigenvalue weighted by molar-refractivity contribution is 0.462. The van der Waals surface area contributed by atoms with Crippen molar-refractivity contribution in [2.24, 2.45) is 5.92 Å². The van der Waals surface area contributed by atoms with Gasteiger partial charge in [-0.15, -0.1) is 0 Å². The predicted molar refractivity (Wildman–Crippen MR) is 76.8 cm³/mol. The molecule has 0 saturated heterocycles. The lowest BCUT2D eigenvalue weighted by atomic mass is 9.96. The summed E-state index contributed by atoms with van der Waals surface area (Å²) in [5.74, 6) is 0.948. The summed E-state index contributed by atoms with van der Waals surface area (Å²) in [4.78, 5) is 0. The van der Waals surface area contributed by atoms with Crippen LogP contribution in [0.15, 0.2) is 42.5 Å². The second-order valence-corrected chi connectivity index (χ2v) is 5.31. The Morgan fingerprint density at radius 3 is 2.39 bits per heavy atom. The van der Waals surface area contributed by atoms with E-state index in [4.69, 9.17) is 0 Å². The molecule has 0 spiro atoms. The molecule has 2 aromatic rings. The highest BCUT2D eigenvalue weighted by Crippen LogP contribution is 2.28. The van der Waals surface area contributed by atoms with Gasteiger partial charge in [-0.05, 0) is 48.1 Å². The van der Waals surface area contributed by atoms with Crippen LogP contribution in [-0.2, 0) is 6.42 Å². The lowest BCUT2D eigenvalue weighted by Gasteiger charge is -2.10. The Morgan fingerprint density at radius 2 is 1.72 bits per heavy atom. The molecule has 2 rings (SSSR count). The van der Waals surface area contributed by atoms with E-state index >= 15 is 0 Å². The van der Waals surface area contributed by atoms with Gasteiger partial charge in [-0.1, -0.05) is 49.7 Å². The SMILES string of the molecule is Cc1cccc(-c2ccc(O)c(CC(C)C)c2)c1. The first-order chi connectivity index (χ1) is 8.56. The Kier molecular flexibility index (Phi) is 3.71. The van der Waals surface area contributed by atoms with Crippen molar-refractivity contribution in [3.8, 4) is 16.9 Å². The summed E-state index contributed by atoms with van der Waals surface area (Å²) in [5.41, 5.74) is 4.67. The Labute approximate surface area is 109 Å². The van der Waals surface area contributed by atoms with E-state index in [1.54, 1.807) is 6.07 Å². The zero-order chi connectivity index (χ0) is 13.1. The number of phenols is 1. The molecule has 0 fully saturated rings. The molecule has 0 bridgehead atoms. The van der Waals surface area contributed by atoms with E-state index in [2.05, 4.69) is 51.1 Å². The third-order valence-electron chi connectivity index (χ3n) is 3.06. The lowest BCUT2D eigenvalue weighted by Crippen LogP contribution is -1.95. The first-order valence-electron chi connectivity index (χ1n) is 6.45. The molecule has 1 N–H and O–H groups in total. The summed E-state index contributed by atoms with van der Waals surface area (Å²) >= 11 is 0. The zero-order valence-electron chi connectivity index (χ0n) is 11.3. The molecule has 1 heteroatoms. The van der Waals surface area contributed by atoms with Crippen LogP contribution in [0.3, 0.4) is 0 Å². The fourth-order valence-electron chi connectivity index (χ4n) is 2.19. The van der Waals surface area contributed by atoms with Gasteiger partial charge in [0.05, 0.1) is 0 Å². The van der Waals surface area contributed by atoms with Crippen LogP contribution in [0.1, 0.15) is 25.0 Å². The fraction of sp³-hybridized carbons (Fsp3) is 0.294. The molecule has 0 saturated carbocycles. The van der Waals surface area contributed by atoms with E-state index in [1.165, 1.54) is 16.7 Å². The minimum atomic E-state index is 0.403. The normalized spacial score (nSPS) is 10.9. The molecule has 0 aliphatic heterocycles. The van der Waals surface area contributed by atoms with Gasteiger partial charge in [0.15, 0.2) is 0 Å². The molecule has 0 amide bonds. The quantitative estimate of drug-likeness (QED) is 0.833. The first-order valence-corrected chi connectivity index (χ1v) is 6.45. The summed E-state index contributed by atoms with van der Waals surface area (Å²) in [6.45, 7) is 6.43. The summed E-state index contributed by atoms with van der Waals surface area (Å²) in [5, 5.41) is 9.89. The van der Waals surface area contributed by atoms with Crippen LogP contribution in [-0.4, -0.2) is 5.11 Å². The van der Waals surface area contributed by atoms with E-state index in [0.29, 0.717) is 11.7 Å². The van der Waals surface area contributed by atoms with Crippen LogP contribution >= 0.6 is 0 Å². The van der Waals surface area contributed by atoms with Crippen molar-refractivity contribution in [1.29, 1.82) is 0 Å². The molecule has 94 valence electrons. The van der Waals surface area contributed by atoms with Gasteiger partial charge in [-0.25, -0.2) is 0 Å². The minimum Gasteiger partial charge on any atom is -0.508 e. The Balaban J connectivity index is 2.40. The highest BCUT2D eigenvalue weighted by molar-refractivity contribution is 5.66. The third kappa shape index (κ3) is 2.92. The Hall–Kier alpha value is -1.76. The van der Waals surface area contributed by atoms with Crippen LogP contribution in [0, 0.1) is 12.8 Å². The van der Waals surface area contributed by atoms with Crippen molar-refractivity contribution in [1.82, 2.24) is 0 Å². The standard InChI is InChI=1S/C17H20O/c1-12(2)9-16-11-15(7-8-17(16)18)14-6-4-5-13(3)10-14/h4-8,10-12,18H,9H2,1-3H3. The van der Waals surface area contributed by atoms with Crippen molar-refractivity contribution in [2.75, 3.05) is 0 Å². The van der Waals surface area contributed by atoms with E-state index in [-0.39, 0.29) is 0 Å². The van der Waals surface area contributed by atoms with Gasteiger partial charge in [0.2, 0.25) is 0 Å². The monoisotopic (exact) mass is 240 g/mol. The van der Waals surface area contributed by atoms with Crippen LogP contribution in [0.5, 0.6) is 5.75 Å². The van der Waals surface area contributed by atoms with Crippen molar-refractivity contribution in [3.05, 3.63) is 53.6 Å². The number of rotatable bonds is 3. The zero-order valence-corrected chi connectivity index (χ0v) is 11.3. The Morgan fingerprint density at radius 1 is 1.00 bits per heavy atom. The molecule has 0 radical (unpaired) electrons. The highest BCUT2D eigenvalue weighted by Gasteiger charge is 2.06. The molecule has 0 heterocycles. The summed E-state index contributed by atoms with van der Waals surface area (Å²) < 4.78 is 0. The fourth-order valence-corrected chi connectivity index (χ4v) is 2.19. The van der Waals surface area contributed by atoms with Crippen LogP contribution < -0.4 is 0 Å². The van der Waals surface area contributed by atoms with E-state index in [9.17, 15) is 5.11 Å². The van der Waals surface area contributed by atoms with Gasteiger partial charge >= 0.3 is 0 Å². The number of benzene rings is 2. The maximum absolute atomic E-state index is 9.89. The average Bonchev–Trinajstić information content (AvgIpc) is 2.31. The molecule has 0 atom stereocenters. The van der Waals surface area contributed by atoms with Gasteiger partial charge in [-0.3, -0.25) is 0 Å². The van der Waals surface area contributed by atoms with Crippen molar-refractivity contribution in [2.45, 2.75) is 27.2 Å². The van der Waals surface area contributed by atoms with Gasteiger partial charge in [0.25, 0.3) is 0 Å². The van der Waals surface area contributed by atoms with Crippen molar-refractivity contribution < 1.29 is 5.11 Å². The van der Waals surface area contributed by atoms with Gasteiger partial charge in [0.1, 0.15) is 5.75 Å². The minimum absolute atomic E-state index is 0.403. The number of hydrogen-bond acceptors (Lipinski definition) is 1. The number of hydrogen-bond donors (Lipinski definition) is 1. The molecule has 0 unspecified atom stereocenters. The third-order valence-corrected chi connectivity index (χ3v) is 3.06. The predicted octanol–water partition coefficient (Wildman–Crippen LogP) is 4.57. The molecular formula is C17H20O. The average molecular weight is 240 g/mol. The maximum atomic E-state index is 9.89. The van der Waals surface area contributed by atoms with Crippen LogP contribution in [0.4, 0.5) is 0 Å². The number of phenolic OH excluding ortho intramolecular Hbond substituents is 1. The summed E-state index contributed by atoms with van der Waals surface area (Å²) in [7, 11) is 0. The molecule has 0 aromatic heterocycles. The van der Waals surface area contributed by atoms with E-state index in [1.807, 2.05) is 6.07 Å². The largest absolute Gasteiger partial charge is 0.508 e. The second kappa shape index (κ2) is 5.26. The van der Waals surface area contributed by atoms with Crippen molar-refractivity contribution in [3.63, 3.8) is 0 Å². The molecule has 1 nitrogen and oxygen atoms in total. The highest BCUT2D eigenvalue weighted by atomic mass is 16.3. The van der Waals surface area contributed by atoms with Crippen LogP contribution in [0.2, 0.25) is 0 Å². The second-order valence-electron chi connectivity index (χ2n) is 5.31. The maximum Gasteiger partial charge on any atom is 0.118 e. The van der Waals surface area contributed by atoms with Gasteiger partial charge in [0, 0.05) is 0 Å². The molecule has 18 heavy (non-hydrogen) atoms. The molecule has 0 aliphatic rings. The smallest absolute Gasteiger partial charge is 0.118 e. The molecule has 2 aromatic carbocycles. The topological polar surface area (TPSA) is 20.2 Å².